The topological polar surface area (TPSA) is 82.8 Å². The zero-order valence-electron chi connectivity index (χ0n) is 15.6. The molecule has 0 radical (unpaired) electrons. The summed E-state index contributed by atoms with van der Waals surface area (Å²) >= 11 is 6.43. The van der Waals surface area contributed by atoms with Crippen LogP contribution in [0.3, 0.4) is 0 Å². The number of anilines is 1. The molecule has 0 spiro atoms. The predicted octanol–water partition coefficient (Wildman–Crippen LogP) is 4.83. The molecule has 3 aromatic rings. The minimum Gasteiger partial charge on any atom is -0.444 e. The average molecular weight is 540 g/mol. The van der Waals surface area contributed by atoms with Gasteiger partial charge in [-0.05, 0) is 64.5 Å². The van der Waals surface area contributed by atoms with Gasteiger partial charge in [0.15, 0.2) is 10.4 Å². The Morgan fingerprint density at radius 1 is 1.10 bits per heavy atom. The van der Waals surface area contributed by atoms with Crippen molar-refractivity contribution in [2.75, 3.05) is 18.5 Å². The van der Waals surface area contributed by atoms with Gasteiger partial charge in [-0.15, -0.1) is 0 Å². The van der Waals surface area contributed by atoms with Crippen molar-refractivity contribution in [2.24, 2.45) is 0 Å². The summed E-state index contributed by atoms with van der Waals surface area (Å²) < 4.78 is 20.5. The Balaban J connectivity index is 1.78. The van der Waals surface area contributed by atoms with E-state index in [1.54, 1.807) is 36.4 Å². The molecule has 0 fully saturated rings. The average Bonchev–Trinajstić information content (AvgIpc) is 3.16. The Hall–Kier alpha value is -2.49. The molecule has 1 aromatic heterocycles. The van der Waals surface area contributed by atoms with Crippen LogP contribution in [0.4, 0.5) is 10.1 Å². The standard InChI is InChI=1S/C21H17Br2FN2O4/c22-15-4-5-17(24)14(10-15)12-26(8-9-27)21(29)13-2-1-3-16(11-13)25-20(28)18-6-7-19(23)30-18/h1-7,10-11,27H,8-9,12H2,(H,25,28). The highest BCUT2D eigenvalue weighted by Gasteiger charge is 2.19. The van der Waals surface area contributed by atoms with Gasteiger partial charge in [0.05, 0.1) is 6.61 Å². The molecule has 0 aliphatic heterocycles. The number of furan rings is 1. The molecule has 1 heterocycles. The third-order valence-electron chi connectivity index (χ3n) is 4.19. The van der Waals surface area contributed by atoms with Crippen molar-refractivity contribution >= 4 is 49.4 Å². The number of aliphatic hydroxyl groups is 1. The van der Waals surface area contributed by atoms with E-state index < -0.39 is 17.6 Å². The van der Waals surface area contributed by atoms with Gasteiger partial charge < -0.3 is 19.7 Å². The summed E-state index contributed by atoms with van der Waals surface area (Å²) in [6, 6.07) is 13.9. The fourth-order valence-electron chi connectivity index (χ4n) is 2.78. The summed E-state index contributed by atoms with van der Waals surface area (Å²) in [5.41, 5.74) is 1.01. The van der Waals surface area contributed by atoms with Gasteiger partial charge >= 0.3 is 0 Å². The van der Waals surface area contributed by atoms with Gasteiger partial charge in [-0.25, -0.2) is 4.39 Å². The highest BCUT2D eigenvalue weighted by Crippen LogP contribution is 2.20. The first-order valence-corrected chi connectivity index (χ1v) is 10.5. The van der Waals surface area contributed by atoms with E-state index in [9.17, 15) is 19.1 Å². The highest BCUT2D eigenvalue weighted by atomic mass is 79.9. The van der Waals surface area contributed by atoms with Crippen LogP contribution in [0.25, 0.3) is 0 Å². The Morgan fingerprint density at radius 3 is 2.60 bits per heavy atom. The smallest absolute Gasteiger partial charge is 0.291 e. The van der Waals surface area contributed by atoms with Crippen LogP contribution in [0.2, 0.25) is 0 Å². The fourth-order valence-corrected chi connectivity index (χ4v) is 3.50. The number of halogens is 3. The van der Waals surface area contributed by atoms with E-state index in [-0.39, 0.29) is 31.0 Å². The minimum atomic E-state index is -0.464. The first-order chi connectivity index (χ1) is 14.4. The number of carbonyl (C=O) groups excluding carboxylic acids is 2. The lowest BCUT2D eigenvalue weighted by Crippen LogP contribution is -2.33. The lowest BCUT2D eigenvalue weighted by atomic mass is 10.1. The molecular formula is C21H17Br2FN2O4. The highest BCUT2D eigenvalue weighted by molar-refractivity contribution is 9.10. The van der Waals surface area contributed by atoms with Crippen molar-refractivity contribution in [3.8, 4) is 0 Å². The molecule has 2 N–H and O–H groups in total. The number of hydrogen-bond acceptors (Lipinski definition) is 4. The fraction of sp³-hybridized carbons (Fsp3) is 0.143. The maximum atomic E-state index is 14.1. The normalized spacial score (nSPS) is 10.7. The first kappa shape index (κ1) is 22.2. The van der Waals surface area contributed by atoms with Crippen molar-refractivity contribution in [1.82, 2.24) is 4.90 Å². The Kier molecular flexibility index (Phi) is 7.41. The van der Waals surface area contributed by atoms with E-state index in [1.807, 2.05) is 0 Å². The molecule has 0 saturated carbocycles. The summed E-state index contributed by atoms with van der Waals surface area (Å²) in [7, 11) is 0. The van der Waals surface area contributed by atoms with E-state index in [0.29, 0.717) is 20.4 Å². The number of hydrogen-bond donors (Lipinski definition) is 2. The van der Waals surface area contributed by atoms with Crippen LogP contribution < -0.4 is 5.32 Å². The van der Waals surface area contributed by atoms with Gasteiger partial charge in [0, 0.05) is 34.4 Å². The zero-order valence-corrected chi connectivity index (χ0v) is 18.7. The third-order valence-corrected chi connectivity index (χ3v) is 5.11. The second-order valence-corrected chi connectivity index (χ2v) is 8.02. The number of amides is 2. The molecule has 0 aliphatic carbocycles. The Bertz CT molecular complexity index is 1070. The number of nitrogens with one attached hydrogen (secondary N) is 1. The number of rotatable bonds is 7. The van der Waals surface area contributed by atoms with Crippen LogP contribution in [0.15, 0.2) is 68.2 Å². The zero-order chi connectivity index (χ0) is 21.7. The van der Waals surface area contributed by atoms with Gasteiger partial charge in [0.2, 0.25) is 0 Å². The van der Waals surface area contributed by atoms with E-state index in [0.717, 1.165) is 0 Å². The Morgan fingerprint density at radius 2 is 1.90 bits per heavy atom. The summed E-state index contributed by atoms with van der Waals surface area (Å²) in [6.07, 6.45) is 0. The second-order valence-electron chi connectivity index (χ2n) is 6.32. The monoisotopic (exact) mass is 538 g/mol. The maximum absolute atomic E-state index is 14.1. The number of benzene rings is 2. The van der Waals surface area contributed by atoms with Crippen molar-refractivity contribution in [1.29, 1.82) is 0 Å². The molecule has 6 nitrogen and oxygen atoms in total. The van der Waals surface area contributed by atoms with Crippen LogP contribution in [-0.2, 0) is 6.54 Å². The van der Waals surface area contributed by atoms with E-state index >= 15 is 0 Å². The molecule has 156 valence electrons. The summed E-state index contributed by atoms with van der Waals surface area (Å²) in [6.45, 7) is -0.255. The van der Waals surface area contributed by atoms with Crippen molar-refractivity contribution in [3.05, 3.63) is 86.4 Å². The minimum absolute atomic E-state index is 0.0122. The lowest BCUT2D eigenvalue weighted by molar-refractivity contribution is 0.0706. The molecular weight excluding hydrogens is 523 g/mol. The molecule has 0 saturated heterocycles. The third kappa shape index (κ3) is 5.56. The van der Waals surface area contributed by atoms with E-state index in [1.165, 1.54) is 23.1 Å². The van der Waals surface area contributed by atoms with Crippen molar-refractivity contribution < 1.29 is 23.5 Å². The first-order valence-electron chi connectivity index (χ1n) is 8.88. The quantitative estimate of drug-likeness (QED) is 0.450. The van der Waals surface area contributed by atoms with Crippen LogP contribution in [0, 0.1) is 5.82 Å². The summed E-state index contributed by atoms with van der Waals surface area (Å²) in [5, 5.41) is 12.0. The molecule has 30 heavy (non-hydrogen) atoms. The van der Waals surface area contributed by atoms with Gasteiger partial charge in [0.25, 0.3) is 11.8 Å². The molecule has 0 unspecified atom stereocenters. The van der Waals surface area contributed by atoms with Crippen molar-refractivity contribution in [2.45, 2.75) is 6.54 Å². The summed E-state index contributed by atoms with van der Waals surface area (Å²) in [5.74, 6) is -1.20. The van der Waals surface area contributed by atoms with Crippen LogP contribution in [-0.4, -0.2) is 35.0 Å². The van der Waals surface area contributed by atoms with Gasteiger partial charge in [-0.3, -0.25) is 9.59 Å². The molecule has 0 aliphatic rings. The largest absolute Gasteiger partial charge is 0.444 e. The van der Waals surface area contributed by atoms with E-state index in [4.69, 9.17) is 4.42 Å². The van der Waals surface area contributed by atoms with Crippen LogP contribution >= 0.6 is 31.9 Å². The molecule has 3 rings (SSSR count). The predicted molar refractivity (Wildman–Crippen MR) is 117 cm³/mol. The Labute approximate surface area is 188 Å². The van der Waals surface area contributed by atoms with Crippen LogP contribution in [0.5, 0.6) is 0 Å². The van der Waals surface area contributed by atoms with Crippen molar-refractivity contribution in [3.63, 3.8) is 0 Å². The molecule has 9 heteroatoms. The SMILES string of the molecule is O=C(Nc1cccc(C(=O)N(CCO)Cc2cc(Br)ccc2F)c1)c1ccc(Br)o1. The number of carbonyl (C=O) groups is 2. The van der Waals surface area contributed by atoms with Crippen LogP contribution in [0.1, 0.15) is 26.5 Å². The van der Waals surface area contributed by atoms with E-state index in [2.05, 4.69) is 37.2 Å². The number of aliphatic hydroxyl groups excluding tert-OH is 1. The number of nitrogens with zero attached hydrogens (tertiary/aromatic N) is 1. The summed E-state index contributed by atoms with van der Waals surface area (Å²) in [4.78, 5) is 26.6. The maximum Gasteiger partial charge on any atom is 0.291 e. The molecule has 0 bridgehead atoms. The lowest BCUT2D eigenvalue weighted by Gasteiger charge is -2.22. The molecule has 0 atom stereocenters. The van der Waals surface area contributed by atoms with Gasteiger partial charge in [0.1, 0.15) is 5.82 Å². The van der Waals surface area contributed by atoms with Gasteiger partial charge in [-0.1, -0.05) is 22.0 Å². The molecule has 2 aromatic carbocycles. The van der Waals surface area contributed by atoms with Gasteiger partial charge in [-0.2, -0.15) is 0 Å². The molecule has 2 amide bonds. The second kappa shape index (κ2) is 10.0.